The van der Waals surface area contributed by atoms with Crippen molar-refractivity contribution in [3.05, 3.63) is 107 Å². The predicted molar refractivity (Wildman–Crippen MR) is 135 cm³/mol. The van der Waals surface area contributed by atoms with Crippen LogP contribution in [0.3, 0.4) is 0 Å². The summed E-state index contributed by atoms with van der Waals surface area (Å²) in [5.41, 5.74) is 4.82. The monoisotopic (exact) mass is 502 g/mol. The molecule has 0 bridgehead atoms. The van der Waals surface area contributed by atoms with Crippen LogP contribution >= 0.6 is 0 Å². The van der Waals surface area contributed by atoms with Gasteiger partial charge in [-0.05, 0) is 63.2 Å². The molecule has 0 aliphatic carbocycles. The lowest BCUT2D eigenvalue weighted by Gasteiger charge is -2.13. The highest BCUT2D eigenvalue weighted by molar-refractivity contribution is 5.76. The van der Waals surface area contributed by atoms with Crippen LogP contribution in [-0.4, -0.2) is 19.7 Å². The average molecular weight is 503 g/mol. The molecular formula is C29H22F4N4. The van der Waals surface area contributed by atoms with Crippen LogP contribution in [0.2, 0.25) is 0 Å². The van der Waals surface area contributed by atoms with Crippen LogP contribution in [0.15, 0.2) is 78.9 Å². The molecule has 5 aromatic rings. The highest BCUT2D eigenvalue weighted by Gasteiger charge is 2.34. The second-order valence-electron chi connectivity index (χ2n) is 8.92. The van der Waals surface area contributed by atoms with Crippen LogP contribution in [0.1, 0.15) is 22.4 Å². The fourth-order valence-electron chi connectivity index (χ4n) is 4.28. The van der Waals surface area contributed by atoms with Gasteiger partial charge < -0.3 is 0 Å². The van der Waals surface area contributed by atoms with Gasteiger partial charge in [0.25, 0.3) is 5.95 Å². The molecule has 0 radical (unpaired) electrons. The van der Waals surface area contributed by atoms with Crippen molar-refractivity contribution in [2.45, 2.75) is 26.9 Å². The molecule has 37 heavy (non-hydrogen) atoms. The number of nitrogens with zero attached hydrogens (tertiary/aromatic N) is 4. The first-order valence-corrected chi connectivity index (χ1v) is 11.6. The van der Waals surface area contributed by atoms with E-state index in [0.717, 1.165) is 33.9 Å². The molecule has 0 spiro atoms. The van der Waals surface area contributed by atoms with Gasteiger partial charge in [0.1, 0.15) is 5.82 Å². The molecule has 0 atom stereocenters. The van der Waals surface area contributed by atoms with Crippen molar-refractivity contribution in [3.63, 3.8) is 0 Å². The van der Waals surface area contributed by atoms with Crippen LogP contribution < -0.4 is 0 Å². The molecule has 4 nitrogen and oxygen atoms in total. The summed E-state index contributed by atoms with van der Waals surface area (Å²) in [7, 11) is 0. The summed E-state index contributed by atoms with van der Waals surface area (Å²) in [6.07, 6.45) is -4.72. The molecule has 3 aromatic carbocycles. The summed E-state index contributed by atoms with van der Waals surface area (Å²) in [5.74, 6) is -0.728. The molecule has 0 amide bonds. The van der Waals surface area contributed by atoms with E-state index in [2.05, 4.69) is 9.97 Å². The zero-order chi connectivity index (χ0) is 26.3. The van der Waals surface area contributed by atoms with E-state index in [9.17, 15) is 17.6 Å². The molecule has 0 N–H and O–H groups in total. The maximum atomic E-state index is 13.9. The van der Waals surface area contributed by atoms with E-state index in [1.165, 1.54) is 28.9 Å². The second kappa shape index (κ2) is 9.28. The van der Waals surface area contributed by atoms with Crippen molar-refractivity contribution < 1.29 is 17.6 Å². The number of rotatable bonds is 4. The number of hydrogen-bond donors (Lipinski definition) is 0. The Morgan fingerprint density at radius 1 is 0.703 bits per heavy atom. The number of aromatic nitrogens is 4. The molecule has 0 fully saturated rings. The zero-order valence-corrected chi connectivity index (χ0v) is 20.3. The number of benzene rings is 3. The lowest BCUT2D eigenvalue weighted by Crippen LogP contribution is -2.14. The van der Waals surface area contributed by atoms with Crippen molar-refractivity contribution in [1.82, 2.24) is 19.7 Å². The Morgan fingerprint density at radius 2 is 1.32 bits per heavy atom. The maximum Gasteiger partial charge on any atom is 0.433 e. The van der Waals surface area contributed by atoms with Gasteiger partial charge in [-0.3, -0.25) is 0 Å². The van der Waals surface area contributed by atoms with Gasteiger partial charge in [-0.1, -0.05) is 47.5 Å². The van der Waals surface area contributed by atoms with E-state index in [-0.39, 0.29) is 11.6 Å². The molecule has 0 aliphatic heterocycles. The summed E-state index contributed by atoms with van der Waals surface area (Å²) >= 11 is 0. The SMILES string of the molecule is Cc1cccc(-c2nn(-c3nc(-c4ccc(F)cc4)cc(C(F)(F)F)n3)c(-c3cccc(C)c3)c2C)c1. The van der Waals surface area contributed by atoms with E-state index in [4.69, 9.17) is 5.10 Å². The summed E-state index contributed by atoms with van der Waals surface area (Å²) in [4.78, 5) is 8.34. The summed E-state index contributed by atoms with van der Waals surface area (Å²) in [5, 5.41) is 4.73. The highest BCUT2D eigenvalue weighted by Crippen LogP contribution is 2.36. The normalized spacial score (nSPS) is 11.6. The second-order valence-corrected chi connectivity index (χ2v) is 8.92. The third kappa shape index (κ3) is 4.87. The quantitative estimate of drug-likeness (QED) is 0.236. The van der Waals surface area contributed by atoms with Crippen LogP contribution in [-0.2, 0) is 6.18 Å². The Kier molecular flexibility index (Phi) is 6.11. The Bertz CT molecular complexity index is 1600. The Morgan fingerprint density at radius 3 is 1.95 bits per heavy atom. The number of alkyl halides is 3. The summed E-state index contributed by atoms with van der Waals surface area (Å²) < 4.78 is 56.7. The van der Waals surface area contributed by atoms with Crippen molar-refractivity contribution in [3.8, 4) is 39.7 Å². The number of halogens is 4. The van der Waals surface area contributed by atoms with Crippen LogP contribution in [0.4, 0.5) is 17.6 Å². The van der Waals surface area contributed by atoms with Gasteiger partial charge in [0.15, 0.2) is 5.69 Å². The number of hydrogen-bond acceptors (Lipinski definition) is 3. The summed E-state index contributed by atoms with van der Waals surface area (Å²) in [6.45, 7) is 5.78. The van der Waals surface area contributed by atoms with Gasteiger partial charge in [0.2, 0.25) is 0 Å². The van der Waals surface area contributed by atoms with Crippen molar-refractivity contribution >= 4 is 0 Å². The third-order valence-electron chi connectivity index (χ3n) is 6.04. The standard InChI is InChI=1S/C29H22F4N4/c1-17-6-4-8-21(14-17)26-19(3)27(22-9-5-7-18(2)15-22)37(36-26)28-34-24(16-25(35-28)29(31,32)33)20-10-12-23(30)13-11-20/h4-16H,1-3H3. The van der Waals surface area contributed by atoms with E-state index < -0.39 is 17.7 Å². The maximum absolute atomic E-state index is 13.9. The minimum atomic E-state index is -4.72. The number of aryl methyl sites for hydroxylation is 2. The van der Waals surface area contributed by atoms with Gasteiger partial charge in [0, 0.05) is 22.3 Å². The fraction of sp³-hybridized carbons (Fsp3) is 0.138. The average Bonchev–Trinajstić information content (AvgIpc) is 3.21. The van der Waals surface area contributed by atoms with Crippen molar-refractivity contribution in [2.24, 2.45) is 0 Å². The van der Waals surface area contributed by atoms with Gasteiger partial charge in [-0.25, -0.2) is 14.4 Å². The zero-order valence-electron chi connectivity index (χ0n) is 20.3. The topological polar surface area (TPSA) is 43.6 Å². The van der Waals surface area contributed by atoms with E-state index in [0.29, 0.717) is 17.0 Å². The largest absolute Gasteiger partial charge is 0.433 e. The molecule has 186 valence electrons. The molecule has 5 rings (SSSR count). The lowest BCUT2D eigenvalue weighted by atomic mass is 10.0. The van der Waals surface area contributed by atoms with Crippen LogP contribution in [0, 0.1) is 26.6 Å². The molecule has 8 heteroatoms. The molecule has 0 saturated heterocycles. The minimum Gasteiger partial charge on any atom is -0.211 e. The van der Waals surface area contributed by atoms with E-state index in [1.807, 2.05) is 69.3 Å². The third-order valence-corrected chi connectivity index (χ3v) is 6.04. The van der Waals surface area contributed by atoms with Gasteiger partial charge in [-0.2, -0.15) is 23.0 Å². The van der Waals surface area contributed by atoms with Crippen LogP contribution in [0.25, 0.3) is 39.7 Å². The molecule has 0 aliphatic rings. The Hall–Kier alpha value is -4.33. The van der Waals surface area contributed by atoms with Crippen molar-refractivity contribution in [1.29, 1.82) is 0 Å². The van der Waals surface area contributed by atoms with E-state index in [1.54, 1.807) is 0 Å². The van der Waals surface area contributed by atoms with Crippen LogP contribution in [0.5, 0.6) is 0 Å². The first-order valence-electron chi connectivity index (χ1n) is 11.6. The molecule has 0 saturated carbocycles. The molecule has 2 heterocycles. The first kappa shape index (κ1) is 24.4. The van der Waals surface area contributed by atoms with Gasteiger partial charge in [-0.15, -0.1) is 0 Å². The molecular weight excluding hydrogens is 480 g/mol. The first-order chi connectivity index (χ1) is 17.6. The Labute approximate surface area is 211 Å². The lowest BCUT2D eigenvalue weighted by molar-refractivity contribution is -0.141. The van der Waals surface area contributed by atoms with Gasteiger partial charge in [0.05, 0.1) is 17.1 Å². The van der Waals surface area contributed by atoms with E-state index >= 15 is 0 Å². The summed E-state index contributed by atoms with van der Waals surface area (Å²) in [6, 6.07) is 21.4. The van der Waals surface area contributed by atoms with Gasteiger partial charge >= 0.3 is 6.18 Å². The highest BCUT2D eigenvalue weighted by atomic mass is 19.4. The fourth-order valence-corrected chi connectivity index (χ4v) is 4.28. The predicted octanol–water partition coefficient (Wildman–Crippen LogP) is 7.75. The Balaban J connectivity index is 1.80. The molecule has 2 aromatic heterocycles. The smallest absolute Gasteiger partial charge is 0.211 e. The minimum absolute atomic E-state index is 0.0118. The molecule has 0 unspecified atom stereocenters. The van der Waals surface area contributed by atoms with Crippen molar-refractivity contribution in [2.75, 3.05) is 0 Å².